The van der Waals surface area contributed by atoms with Crippen LogP contribution < -0.4 is 19.1 Å². The van der Waals surface area contributed by atoms with E-state index in [4.69, 9.17) is 9.47 Å². The first-order valence-corrected chi connectivity index (χ1v) is 15.0. The molecule has 9 nitrogen and oxygen atoms in total. The second kappa shape index (κ2) is 12.1. The molecule has 1 aliphatic carbocycles. The Kier molecular flexibility index (Phi) is 8.81. The molecule has 0 radical (unpaired) electrons. The average molecular weight is 544 g/mol. The number of rotatable bonds is 9. The van der Waals surface area contributed by atoms with E-state index in [9.17, 15) is 18.0 Å². The van der Waals surface area contributed by atoms with Crippen molar-refractivity contribution in [2.24, 2.45) is 0 Å². The highest BCUT2D eigenvalue weighted by atomic mass is 32.2. The molecule has 0 spiro atoms. The number of carbonyl (C=O) groups excluding carboxylic acids is 2. The third-order valence-corrected chi connectivity index (χ3v) is 8.23. The summed E-state index contributed by atoms with van der Waals surface area (Å²) in [5.41, 5.74) is 2.22. The Morgan fingerprint density at radius 3 is 2.32 bits per heavy atom. The fourth-order valence-corrected chi connectivity index (χ4v) is 5.68. The van der Waals surface area contributed by atoms with Crippen molar-refractivity contribution in [1.29, 1.82) is 0 Å². The summed E-state index contributed by atoms with van der Waals surface area (Å²) >= 11 is 0. The van der Waals surface area contributed by atoms with E-state index < -0.39 is 28.5 Å². The first-order valence-electron chi connectivity index (χ1n) is 13.1. The topological polar surface area (TPSA) is 105 Å². The molecular weight excluding hydrogens is 506 g/mol. The van der Waals surface area contributed by atoms with Crippen molar-refractivity contribution in [3.05, 3.63) is 53.6 Å². The standard InChI is InChI=1S/C28H37N3O6S/c1-20-9-11-22(12-10-20)18-30(21(2)28(33)29-23-7-5-4-6-8-23)27(32)19-31(38(3,34)35)24-13-14-25-26(17-24)37-16-15-36-25/h9-14,17,21,23H,4-8,15-16,18-19H2,1-3H3,(H,29,33). The molecule has 38 heavy (non-hydrogen) atoms. The summed E-state index contributed by atoms with van der Waals surface area (Å²) in [6, 6.07) is 11.8. The van der Waals surface area contributed by atoms with Crippen molar-refractivity contribution in [3.8, 4) is 11.5 Å². The van der Waals surface area contributed by atoms with Crippen LogP contribution in [0.2, 0.25) is 0 Å². The Labute approximate surface area is 225 Å². The molecule has 1 N–H and O–H groups in total. The number of carbonyl (C=O) groups is 2. The summed E-state index contributed by atoms with van der Waals surface area (Å²) in [5, 5.41) is 3.10. The molecule has 1 aliphatic heterocycles. The monoisotopic (exact) mass is 543 g/mol. The lowest BCUT2D eigenvalue weighted by Gasteiger charge is -2.33. The van der Waals surface area contributed by atoms with E-state index in [0.717, 1.165) is 47.4 Å². The SMILES string of the molecule is Cc1ccc(CN(C(=O)CN(c2ccc3c(c2)OCCO3)S(C)(=O)=O)C(C)C(=O)NC2CCCCC2)cc1. The summed E-state index contributed by atoms with van der Waals surface area (Å²) in [5.74, 6) is 0.236. The van der Waals surface area contributed by atoms with Crippen LogP contribution in [0.3, 0.4) is 0 Å². The average Bonchev–Trinajstić information content (AvgIpc) is 2.90. The molecule has 1 atom stereocenters. The van der Waals surface area contributed by atoms with Crippen LogP contribution in [0.1, 0.15) is 50.2 Å². The molecule has 206 valence electrons. The molecular formula is C28H37N3O6S. The van der Waals surface area contributed by atoms with Crippen molar-refractivity contribution in [2.75, 3.05) is 30.3 Å². The lowest BCUT2D eigenvalue weighted by Crippen LogP contribution is -2.52. The third-order valence-electron chi connectivity index (χ3n) is 7.09. The first-order chi connectivity index (χ1) is 18.1. The van der Waals surface area contributed by atoms with E-state index in [1.165, 1.54) is 11.3 Å². The molecule has 0 aromatic heterocycles. The fourth-order valence-electron chi connectivity index (χ4n) is 4.84. The van der Waals surface area contributed by atoms with E-state index in [1.807, 2.05) is 31.2 Å². The fraction of sp³-hybridized carbons (Fsp3) is 0.500. The van der Waals surface area contributed by atoms with E-state index in [0.29, 0.717) is 30.4 Å². The molecule has 4 rings (SSSR count). The number of hydrogen-bond donors (Lipinski definition) is 1. The maximum Gasteiger partial charge on any atom is 0.244 e. The number of aryl methyl sites for hydroxylation is 1. The van der Waals surface area contributed by atoms with Gasteiger partial charge in [-0.1, -0.05) is 49.1 Å². The molecule has 2 aliphatic rings. The molecule has 0 saturated heterocycles. The number of sulfonamides is 1. The predicted octanol–water partition coefficient (Wildman–Crippen LogP) is 3.40. The van der Waals surface area contributed by atoms with Crippen LogP contribution in [-0.2, 0) is 26.2 Å². The van der Waals surface area contributed by atoms with Gasteiger partial charge in [0, 0.05) is 18.7 Å². The Balaban J connectivity index is 1.58. The third kappa shape index (κ3) is 6.98. The Morgan fingerprint density at radius 1 is 1.00 bits per heavy atom. The Hall–Kier alpha value is -3.27. The van der Waals surface area contributed by atoms with Gasteiger partial charge in [0.25, 0.3) is 0 Å². The second-order valence-corrected chi connectivity index (χ2v) is 12.0. The van der Waals surface area contributed by atoms with Gasteiger partial charge in [0.2, 0.25) is 21.8 Å². The van der Waals surface area contributed by atoms with Crippen molar-refractivity contribution in [3.63, 3.8) is 0 Å². The Morgan fingerprint density at radius 2 is 1.66 bits per heavy atom. The molecule has 10 heteroatoms. The summed E-state index contributed by atoms with van der Waals surface area (Å²) in [7, 11) is -3.83. The van der Waals surface area contributed by atoms with Gasteiger partial charge in [-0.25, -0.2) is 8.42 Å². The van der Waals surface area contributed by atoms with Gasteiger partial charge in [0.05, 0.1) is 11.9 Å². The second-order valence-electron chi connectivity index (χ2n) is 10.1. The van der Waals surface area contributed by atoms with Crippen LogP contribution in [-0.4, -0.2) is 63.2 Å². The number of nitrogens with one attached hydrogen (secondary N) is 1. The maximum absolute atomic E-state index is 13.8. The van der Waals surface area contributed by atoms with Gasteiger partial charge in [0.15, 0.2) is 11.5 Å². The van der Waals surface area contributed by atoms with Crippen LogP contribution in [0.25, 0.3) is 0 Å². The lowest BCUT2D eigenvalue weighted by atomic mass is 9.95. The van der Waals surface area contributed by atoms with E-state index in [1.54, 1.807) is 25.1 Å². The zero-order chi connectivity index (χ0) is 27.3. The molecule has 1 heterocycles. The minimum atomic E-state index is -3.83. The largest absolute Gasteiger partial charge is 0.486 e. The zero-order valence-electron chi connectivity index (χ0n) is 22.3. The minimum absolute atomic E-state index is 0.0975. The minimum Gasteiger partial charge on any atom is -0.486 e. The van der Waals surface area contributed by atoms with Gasteiger partial charge >= 0.3 is 0 Å². The van der Waals surface area contributed by atoms with Crippen LogP contribution in [0.15, 0.2) is 42.5 Å². The summed E-state index contributed by atoms with van der Waals surface area (Å²) in [6.07, 6.45) is 6.23. The predicted molar refractivity (Wildman–Crippen MR) is 146 cm³/mol. The van der Waals surface area contributed by atoms with E-state index in [-0.39, 0.29) is 18.5 Å². The van der Waals surface area contributed by atoms with Crippen LogP contribution in [0, 0.1) is 6.92 Å². The smallest absolute Gasteiger partial charge is 0.244 e. The molecule has 0 bridgehead atoms. The zero-order valence-corrected chi connectivity index (χ0v) is 23.1. The van der Waals surface area contributed by atoms with E-state index >= 15 is 0 Å². The summed E-state index contributed by atoms with van der Waals surface area (Å²) in [6.45, 7) is 4.16. The highest BCUT2D eigenvalue weighted by Gasteiger charge is 2.31. The normalized spacial score (nSPS) is 16.4. The molecule has 2 aromatic carbocycles. The quantitative estimate of drug-likeness (QED) is 0.520. The number of anilines is 1. The van der Waals surface area contributed by atoms with Gasteiger partial charge in [-0.2, -0.15) is 0 Å². The van der Waals surface area contributed by atoms with Crippen molar-refractivity contribution < 1.29 is 27.5 Å². The Bertz CT molecular complexity index is 1240. The number of hydrogen-bond acceptors (Lipinski definition) is 6. The highest BCUT2D eigenvalue weighted by molar-refractivity contribution is 7.92. The first kappa shape index (κ1) is 27.8. The summed E-state index contributed by atoms with van der Waals surface area (Å²) in [4.78, 5) is 28.5. The summed E-state index contributed by atoms with van der Waals surface area (Å²) < 4.78 is 37.9. The van der Waals surface area contributed by atoms with Crippen LogP contribution >= 0.6 is 0 Å². The molecule has 2 amide bonds. The van der Waals surface area contributed by atoms with Crippen LogP contribution in [0.4, 0.5) is 5.69 Å². The molecule has 1 saturated carbocycles. The van der Waals surface area contributed by atoms with Crippen molar-refractivity contribution in [2.45, 2.75) is 64.6 Å². The molecule has 1 unspecified atom stereocenters. The molecule has 1 fully saturated rings. The van der Waals surface area contributed by atoms with Crippen molar-refractivity contribution in [1.82, 2.24) is 10.2 Å². The molecule has 2 aromatic rings. The highest BCUT2D eigenvalue weighted by Crippen LogP contribution is 2.34. The van der Waals surface area contributed by atoms with Crippen LogP contribution in [0.5, 0.6) is 11.5 Å². The van der Waals surface area contributed by atoms with E-state index in [2.05, 4.69) is 5.32 Å². The lowest BCUT2D eigenvalue weighted by molar-refractivity contribution is -0.139. The number of nitrogens with zero attached hydrogens (tertiary/aromatic N) is 2. The van der Waals surface area contributed by atoms with Crippen molar-refractivity contribution >= 4 is 27.5 Å². The van der Waals surface area contributed by atoms with Gasteiger partial charge < -0.3 is 19.7 Å². The van der Waals surface area contributed by atoms with Gasteiger partial charge in [0.1, 0.15) is 25.8 Å². The van der Waals surface area contributed by atoms with Gasteiger partial charge in [-0.05, 0) is 44.4 Å². The number of amides is 2. The van der Waals surface area contributed by atoms with Gasteiger partial charge in [-0.15, -0.1) is 0 Å². The number of ether oxygens (including phenoxy) is 2. The van der Waals surface area contributed by atoms with Gasteiger partial charge in [-0.3, -0.25) is 13.9 Å². The number of benzene rings is 2. The number of fused-ring (bicyclic) bond motifs is 1. The maximum atomic E-state index is 13.8.